The van der Waals surface area contributed by atoms with Crippen LogP contribution in [0.15, 0.2) is 46.8 Å². The monoisotopic (exact) mass is 376 g/mol. The van der Waals surface area contributed by atoms with Gasteiger partial charge in [-0.05, 0) is 34.9 Å². The van der Waals surface area contributed by atoms with Crippen molar-refractivity contribution in [1.29, 1.82) is 0 Å². The van der Waals surface area contributed by atoms with Crippen LogP contribution in [0.4, 0.5) is 0 Å². The molecule has 1 heterocycles. The molecule has 0 aliphatic heterocycles. The van der Waals surface area contributed by atoms with Gasteiger partial charge in [0.15, 0.2) is 0 Å². The molecule has 0 bridgehead atoms. The van der Waals surface area contributed by atoms with Crippen molar-refractivity contribution in [1.82, 2.24) is 4.98 Å². The van der Waals surface area contributed by atoms with Crippen molar-refractivity contribution >= 4 is 35.6 Å². The summed E-state index contributed by atoms with van der Waals surface area (Å²) >= 11 is 12.4. The third-order valence-electron chi connectivity index (χ3n) is 3.79. The molecule has 3 aromatic rings. The Morgan fingerprint density at radius 2 is 2.08 bits per heavy atom. The summed E-state index contributed by atoms with van der Waals surface area (Å²) in [6, 6.07) is 11.8. The molecular weight excluding hydrogens is 360 g/mol. The van der Waals surface area contributed by atoms with Gasteiger partial charge in [0.25, 0.3) is 0 Å². The number of methoxy groups -OCH3 is 1. The van der Waals surface area contributed by atoms with Crippen molar-refractivity contribution in [2.45, 2.75) is 18.0 Å². The molecule has 0 aliphatic carbocycles. The molecule has 24 heavy (non-hydrogen) atoms. The van der Waals surface area contributed by atoms with Crippen LogP contribution < -0.4 is 10.5 Å². The Balaban J connectivity index is 2.15. The Bertz CT molecular complexity index is 864. The van der Waals surface area contributed by atoms with Crippen LogP contribution >= 0.6 is 35.6 Å². The molecule has 3 rings (SSSR count). The van der Waals surface area contributed by atoms with Gasteiger partial charge in [0.05, 0.1) is 12.1 Å². The van der Waals surface area contributed by atoms with Gasteiger partial charge < -0.3 is 10.5 Å². The maximum absolute atomic E-state index is 6.50. The molecule has 0 unspecified atom stereocenters. The Labute approximate surface area is 155 Å². The number of halogens is 1. The molecule has 1 aromatic heterocycles. The summed E-state index contributed by atoms with van der Waals surface area (Å²) in [5.41, 5.74) is 10.0. The molecule has 0 fully saturated rings. The lowest BCUT2D eigenvalue weighted by molar-refractivity contribution is 0.415. The summed E-state index contributed by atoms with van der Waals surface area (Å²) in [5, 5.41) is 4.36. The molecular formula is C18H17ClN2OS2. The Morgan fingerprint density at radius 1 is 1.25 bits per heavy atom. The molecule has 0 spiro atoms. The van der Waals surface area contributed by atoms with Crippen molar-refractivity contribution in [3.8, 4) is 16.9 Å². The smallest absolute Gasteiger partial charge is 0.119 e. The number of thiol groups is 1. The van der Waals surface area contributed by atoms with Gasteiger partial charge in [-0.2, -0.15) is 0 Å². The van der Waals surface area contributed by atoms with E-state index in [9.17, 15) is 0 Å². The van der Waals surface area contributed by atoms with Crippen LogP contribution in [-0.2, 0) is 13.0 Å². The summed E-state index contributed by atoms with van der Waals surface area (Å²) < 4.78 is 5.40. The van der Waals surface area contributed by atoms with Gasteiger partial charge in [0.1, 0.15) is 10.8 Å². The molecule has 3 nitrogen and oxygen atoms in total. The molecule has 2 aromatic carbocycles. The van der Waals surface area contributed by atoms with Crippen molar-refractivity contribution in [2.24, 2.45) is 5.73 Å². The highest BCUT2D eigenvalue weighted by atomic mass is 35.5. The lowest BCUT2D eigenvalue weighted by atomic mass is 9.93. The van der Waals surface area contributed by atoms with Gasteiger partial charge in [0.2, 0.25) is 0 Å². The van der Waals surface area contributed by atoms with Crippen LogP contribution in [0, 0.1) is 0 Å². The number of hydrogen-bond acceptors (Lipinski definition) is 5. The molecule has 124 valence electrons. The van der Waals surface area contributed by atoms with Gasteiger partial charge >= 0.3 is 0 Å². The van der Waals surface area contributed by atoms with Gasteiger partial charge in [-0.25, -0.2) is 4.98 Å². The second-order valence-electron chi connectivity index (χ2n) is 5.28. The molecule has 0 radical (unpaired) electrons. The zero-order valence-electron chi connectivity index (χ0n) is 13.1. The average molecular weight is 377 g/mol. The topological polar surface area (TPSA) is 48.1 Å². The van der Waals surface area contributed by atoms with E-state index in [1.807, 2.05) is 35.7 Å². The first-order valence-electron chi connectivity index (χ1n) is 7.40. The lowest BCUT2D eigenvalue weighted by Crippen LogP contribution is -2.02. The van der Waals surface area contributed by atoms with Crippen molar-refractivity contribution in [3.05, 3.63) is 62.9 Å². The lowest BCUT2D eigenvalue weighted by Gasteiger charge is -2.15. The maximum Gasteiger partial charge on any atom is 0.119 e. The summed E-state index contributed by atoms with van der Waals surface area (Å²) in [6.45, 7) is 0.421. The summed E-state index contributed by atoms with van der Waals surface area (Å²) in [7, 11) is 1.66. The van der Waals surface area contributed by atoms with E-state index in [0.717, 1.165) is 38.0 Å². The molecule has 0 atom stereocenters. The summed E-state index contributed by atoms with van der Waals surface area (Å²) in [6.07, 6.45) is 0.708. The van der Waals surface area contributed by atoms with Crippen LogP contribution in [0.5, 0.6) is 5.75 Å². The van der Waals surface area contributed by atoms with Crippen LogP contribution in [0.3, 0.4) is 0 Å². The first-order valence-corrected chi connectivity index (χ1v) is 9.11. The molecule has 0 aliphatic rings. The van der Waals surface area contributed by atoms with Gasteiger partial charge in [0, 0.05) is 28.9 Å². The minimum Gasteiger partial charge on any atom is -0.497 e. The van der Waals surface area contributed by atoms with E-state index in [2.05, 4.69) is 23.7 Å². The summed E-state index contributed by atoms with van der Waals surface area (Å²) in [4.78, 5) is 4.44. The maximum atomic E-state index is 6.50. The number of nitrogens with zero attached hydrogens (tertiary/aromatic N) is 1. The van der Waals surface area contributed by atoms with Gasteiger partial charge in [-0.1, -0.05) is 29.8 Å². The predicted octanol–water partition coefficient (Wildman–Crippen LogP) is 4.81. The highest BCUT2D eigenvalue weighted by molar-refractivity contribution is 7.80. The zero-order valence-corrected chi connectivity index (χ0v) is 15.6. The fourth-order valence-corrected chi connectivity index (χ4v) is 3.98. The SMILES string of the molecule is COc1ccc(Cc2nc(S)cs2)c(-c2c(Cl)cccc2CN)c1. The van der Waals surface area contributed by atoms with Crippen molar-refractivity contribution < 1.29 is 4.74 Å². The number of benzene rings is 2. The normalized spacial score (nSPS) is 10.8. The van der Waals surface area contributed by atoms with Gasteiger partial charge in [-0.3, -0.25) is 0 Å². The van der Waals surface area contributed by atoms with Crippen molar-refractivity contribution in [3.63, 3.8) is 0 Å². The number of aromatic nitrogens is 1. The largest absolute Gasteiger partial charge is 0.497 e. The van der Waals surface area contributed by atoms with E-state index in [-0.39, 0.29) is 0 Å². The number of rotatable bonds is 5. The third kappa shape index (κ3) is 3.59. The van der Waals surface area contributed by atoms with E-state index in [1.165, 1.54) is 0 Å². The minimum absolute atomic E-state index is 0.421. The van der Waals surface area contributed by atoms with E-state index >= 15 is 0 Å². The van der Waals surface area contributed by atoms with Crippen LogP contribution in [-0.4, -0.2) is 12.1 Å². The number of thiazole rings is 1. The molecule has 0 saturated heterocycles. The average Bonchev–Trinajstić information content (AvgIpc) is 3.00. The van der Waals surface area contributed by atoms with Gasteiger partial charge in [-0.15, -0.1) is 24.0 Å². The Hall–Kier alpha value is -1.53. The first kappa shape index (κ1) is 17.3. The Kier molecular flexibility index (Phi) is 5.46. The quantitative estimate of drug-likeness (QED) is 0.628. The number of hydrogen-bond donors (Lipinski definition) is 2. The first-order chi connectivity index (χ1) is 11.6. The number of nitrogens with two attached hydrogens (primary N) is 1. The highest BCUT2D eigenvalue weighted by Crippen LogP contribution is 2.37. The van der Waals surface area contributed by atoms with Crippen LogP contribution in [0.2, 0.25) is 5.02 Å². The standard InChI is InChI=1S/C18H17ClN2OS2/c1-22-13-6-5-11(7-17-21-16(23)10-24-17)14(8-13)18-12(9-20)3-2-4-15(18)19/h2-6,8,10,23H,7,9,20H2,1H3. The predicted molar refractivity (Wildman–Crippen MR) is 104 cm³/mol. The molecule has 6 heteroatoms. The van der Waals surface area contributed by atoms with Crippen molar-refractivity contribution in [2.75, 3.05) is 7.11 Å². The van der Waals surface area contributed by atoms with E-state index < -0.39 is 0 Å². The molecule has 2 N–H and O–H groups in total. The zero-order chi connectivity index (χ0) is 17.1. The summed E-state index contributed by atoms with van der Waals surface area (Å²) in [5.74, 6) is 0.783. The number of ether oxygens (including phenoxy) is 1. The minimum atomic E-state index is 0.421. The highest BCUT2D eigenvalue weighted by Gasteiger charge is 2.15. The van der Waals surface area contributed by atoms with Crippen LogP contribution in [0.25, 0.3) is 11.1 Å². The second-order valence-corrected chi connectivity index (χ2v) is 7.09. The Morgan fingerprint density at radius 3 is 2.75 bits per heavy atom. The fraction of sp³-hybridized carbons (Fsp3) is 0.167. The van der Waals surface area contributed by atoms with Crippen LogP contribution in [0.1, 0.15) is 16.1 Å². The second kappa shape index (κ2) is 7.57. The fourth-order valence-electron chi connectivity index (χ4n) is 2.66. The van der Waals surface area contributed by atoms with E-state index in [4.69, 9.17) is 22.1 Å². The third-order valence-corrected chi connectivity index (χ3v) is 5.36. The molecule has 0 amide bonds. The van der Waals surface area contributed by atoms with E-state index in [1.54, 1.807) is 18.4 Å². The molecule has 0 saturated carbocycles. The van der Waals surface area contributed by atoms with E-state index in [0.29, 0.717) is 18.0 Å².